The number of rotatable bonds is 38. The minimum atomic E-state index is -2.01. The minimum Gasteiger partial charge on any atom is -0.481 e. The maximum Gasteiger partial charge on any atom is 0.408 e. The van der Waals surface area contributed by atoms with E-state index in [-0.39, 0.29) is 58.3 Å². The summed E-state index contributed by atoms with van der Waals surface area (Å²) in [7, 11) is 0. The molecular formula is C74H86N10O25. The number of aliphatic hydroxyl groups excluding tert-OH is 2. The summed E-state index contributed by atoms with van der Waals surface area (Å²) in [6.07, 6.45) is -9.78. The molecule has 0 fully saturated rings. The first-order chi connectivity index (χ1) is 51.7. The summed E-state index contributed by atoms with van der Waals surface area (Å²) < 4.78 is 23.2. The molecular weight excluding hydrogens is 1430 g/mol. The highest BCUT2D eigenvalue weighted by molar-refractivity contribution is 6.03. The highest BCUT2D eigenvalue weighted by Crippen LogP contribution is 2.57. The van der Waals surface area contributed by atoms with Gasteiger partial charge in [0.05, 0.1) is 30.6 Å². The van der Waals surface area contributed by atoms with E-state index in [1.807, 2.05) is 0 Å². The van der Waals surface area contributed by atoms with Gasteiger partial charge in [-0.1, -0.05) is 119 Å². The van der Waals surface area contributed by atoms with Gasteiger partial charge in [0.1, 0.15) is 73.0 Å². The lowest BCUT2D eigenvalue weighted by Crippen LogP contribution is -2.61. The van der Waals surface area contributed by atoms with E-state index in [2.05, 4.69) is 53.2 Å². The van der Waals surface area contributed by atoms with Gasteiger partial charge in [0, 0.05) is 53.0 Å². The Labute approximate surface area is 623 Å². The maximum absolute atomic E-state index is 14.2. The van der Waals surface area contributed by atoms with E-state index in [9.17, 15) is 103 Å². The Kier molecular flexibility index (Phi) is 29.7. The maximum atomic E-state index is 14.2. The third-order valence-corrected chi connectivity index (χ3v) is 17.9. The predicted molar refractivity (Wildman–Crippen MR) is 381 cm³/mol. The molecule has 582 valence electrons. The lowest BCUT2D eigenvalue weighted by atomic mass is 9.77. The summed E-state index contributed by atoms with van der Waals surface area (Å²) in [5.74, 6) is -17.7. The normalized spacial score (nSPS) is 16.3. The van der Waals surface area contributed by atoms with Crippen LogP contribution in [0.15, 0.2) is 121 Å². The molecule has 0 saturated heterocycles. The van der Waals surface area contributed by atoms with Crippen LogP contribution in [0.3, 0.4) is 0 Å². The SMILES string of the molecule is CCC(C)C(NC(=O)OCc1ccccc1)C(=O)NC(CCC(=O)O)C(=O)NC(C(=O)NC(CC(=O)O)C(=O)Nc1ccc2c(c1)Oc1cc(NC(=O)C(CC(=O)O)NC(=O)C(NC(=O)C(CCC(=O)O)NC(=O)C(NC(=O)OCc3ccccc3)C(C)CC)C(C)O)ccc1C21OC(=O)c2ccccc21)C(C)O. The highest BCUT2D eigenvalue weighted by Gasteiger charge is 2.54. The van der Waals surface area contributed by atoms with E-state index < -0.39 is 206 Å². The molecule has 0 bridgehead atoms. The Morgan fingerprint density at radius 1 is 0.413 bits per heavy atom. The number of hydrogen-bond acceptors (Lipinski definition) is 21. The highest BCUT2D eigenvalue weighted by atomic mass is 16.6. The van der Waals surface area contributed by atoms with Crippen LogP contribution in [0.2, 0.25) is 0 Å². The van der Waals surface area contributed by atoms with Crippen molar-refractivity contribution in [2.24, 2.45) is 11.8 Å². The smallest absolute Gasteiger partial charge is 0.408 e. The third-order valence-electron chi connectivity index (χ3n) is 17.9. The summed E-state index contributed by atoms with van der Waals surface area (Å²) in [4.78, 5) is 200. The molecule has 0 radical (unpaired) electrons. The molecule has 16 N–H and O–H groups in total. The van der Waals surface area contributed by atoms with Gasteiger partial charge in [0.2, 0.25) is 47.3 Å². The fourth-order valence-corrected chi connectivity index (χ4v) is 11.7. The molecule has 1 spiro atoms. The number of nitrogens with one attached hydrogen (secondary N) is 10. The Morgan fingerprint density at radius 2 is 0.780 bits per heavy atom. The van der Waals surface area contributed by atoms with Crippen LogP contribution < -0.4 is 57.9 Å². The number of carboxylic acids is 4. The van der Waals surface area contributed by atoms with E-state index in [4.69, 9.17) is 18.9 Å². The molecule has 109 heavy (non-hydrogen) atoms. The van der Waals surface area contributed by atoms with Crippen molar-refractivity contribution >= 4 is 101 Å². The number of ether oxygens (including phenoxy) is 4. The molecule has 7 rings (SSSR count). The van der Waals surface area contributed by atoms with Crippen molar-refractivity contribution < 1.29 is 122 Å². The molecule has 5 aromatic rings. The number of hydrogen-bond donors (Lipinski definition) is 16. The lowest BCUT2D eigenvalue weighted by Gasteiger charge is -2.37. The molecule has 5 aromatic carbocycles. The van der Waals surface area contributed by atoms with Crippen LogP contribution in [0.5, 0.6) is 11.5 Å². The van der Waals surface area contributed by atoms with Crippen LogP contribution in [-0.2, 0) is 90.6 Å². The molecule has 12 atom stereocenters. The third kappa shape index (κ3) is 22.8. The van der Waals surface area contributed by atoms with Crippen LogP contribution >= 0.6 is 0 Å². The largest absolute Gasteiger partial charge is 0.481 e. The number of aliphatic hydroxyl groups is 2. The molecule has 0 aromatic heterocycles. The van der Waals surface area contributed by atoms with Crippen molar-refractivity contribution in [3.63, 3.8) is 0 Å². The first-order valence-electron chi connectivity index (χ1n) is 34.6. The van der Waals surface area contributed by atoms with Gasteiger partial charge in [-0.05, 0) is 80.0 Å². The Morgan fingerprint density at radius 3 is 1.15 bits per heavy atom. The van der Waals surface area contributed by atoms with Crippen LogP contribution in [-0.4, -0.2) is 180 Å². The second-order valence-electron chi connectivity index (χ2n) is 26.0. The number of benzene rings is 5. The molecule has 12 unspecified atom stereocenters. The fraction of sp³-hybridized carbons (Fsp3) is 0.392. The van der Waals surface area contributed by atoms with E-state index in [0.29, 0.717) is 24.0 Å². The van der Waals surface area contributed by atoms with Crippen molar-refractivity contribution in [3.8, 4) is 11.5 Å². The van der Waals surface area contributed by atoms with Crippen molar-refractivity contribution in [3.05, 3.63) is 155 Å². The van der Waals surface area contributed by atoms with Gasteiger partial charge in [0.15, 0.2) is 5.60 Å². The Hall–Kier alpha value is -12.5. The van der Waals surface area contributed by atoms with Crippen LogP contribution in [0.25, 0.3) is 0 Å². The van der Waals surface area contributed by atoms with E-state index in [1.165, 1.54) is 42.5 Å². The first-order valence-corrected chi connectivity index (χ1v) is 34.6. The zero-order valence-electron chi connectivity index (χ0n) is 60.0. The molecule has 0 aliphatic carbocycles. The Bertz CT molecular complexity index is 3980. The van der Waals surface area contributed by atoms with Gasteiger partial charge in [-0.2, -0.15) is 0 Å². The second kappa shape index (κ2) is 38.7. The van der Waals surface area contributed by atoms with Crippen molar-refractivity contribution in [2.75, 3.05) is 10.6 Å². The zero-order valence-corrected chi connectivity index (χ0v) is 60.0. The van der Waals surface area contributed by atoms with Gasteiger partial charge in [0.25, 0.3) is 0 Å². The number of fused-ring (bicyclic) bond motifs is 6. The number of esters is 1. The topological polar surface area (TPSA) is 535 Å². The summed E-state index contributed by atoms with van der Waals surface area (Å²) >= 11 is 0. The average Bonchev–Trinajstić information content (AvgIpc) is 1.58. The monoisotopic (exact) mass is 1510 g/mol. The molecule has 2 aliphatic heterocycles. The van der Waals surface area contributed by atoms with Gasteiger partial charge in [-0.25, -0.2) is 14.4 Å². The summed E-state index contributed by atoms with van der Waals surface area (Å²) in [5.41, 5.74) is -0.195. The molecule has 0 saturated carbocycles. The number of anilines is 2. The molecule has 10 amide bonds. The van der Waals surface area contributed by atoms with Gasteiger partial charge in [-0.15, -0.1) is 0 Å². The lowest BCUT2D eigenvalue weighted by molar-refractivity contribution is -0.141. The summed E-state index contributed by atoms with van der Waals surface area (Å²) in [5, 5.41) is 84.6. The number of carbonyl (C=O) groups is 15. The second-order valence-corrected chi connectivity index (χ2v) is 26.0. The fourth-order valence-electron chi connectivity index (χ4n) is 11.7. The van der Waals surface area contributed by atoms with Crippen molar-refractivity contribution in [2.45, 2.75) is 172 Å². The van der Waals surface area contributed by atoms with Gasteiger partial charge < -0.3 is 103 Å². The van der Waals surface area contributed by atoms with Crippen LogP contribution in [0.1, 0.15) is 131 Å². The minimum absolute atomic E-state index is 0.109. The molecule has 35 nitrogen and oxygen atoms in total. The average molecular weight is 1520 g/mol. The van der Waals surface area contributed by atoms with E-state index in [0.717, 1.165) is 13.8 Å². The molecule has 2 heterocycles. The van der Waals surface area contributed by atoms with Gasteiger partial charge in [-0.3, -0.25) is 57.5 Å². The van der Waals surface area contributed by atoms with E-state index >= 15 is 0 Å². The first kappa shape index (κ1) is 83.7. The van der Waals surface area contributed by atoms with Crippen LogP contribution in [0.4, 0.5) is 21.0 Å². The van der Waals surface area contributed by atoms with E-state index in [1.54, 1.807) is 107 Å². The number of amides is 10. The predicted octanol–water partition coefficient (Wildman–Crippen LogP) is 3.16. The van der Waals surface area contributed by atoms with Gasteiger partial charge >= 0.3 is 42.0 Å². The summed E-state index contributed by atoms with van der Waals surface area (Å²) in [6.45, 7) is 8.42. The molecule has 2 aliphatic rings. The number of alkyl carbamates (subject to hydrolysis) is 2. The zero-order chi connectivity index (χ0) is 80.0. The van der Waals surface area contributed by atoms with Crippen LogP contribution in [0, 0.1) is 11.8 Å². The molecule has 35 heteroatoms. The number of aliphatic carboxylic acids is 4. The summed E-state index contributed by atoms with van der Waals surface area (Å²) in [6, 6.07) is 17.1. The van der Waals surface area contributed by atoms with Crippen molar-refractivity contribution in [1.29, 1.82) is 0 Å². The number of carboxylic acid groups (broad SMARTS) is 4. The van der Waals surface area contributed by atoms with Crippen molar-refractivity contribution in [1.82, 2.24) is 42.5 Å². The quantitative estimate of drug-likeness (QED) is 0.0199. The Balaban J connectivity index is 1.08. The number of carbonyl (C=O) groups excluding carboxylic acids is 11. The standard InChI is InChI=1S/C74H86N10O25/c1-7-37(3)59(83-72(104)106-35-41-17-11-9-12-18-41)67(99)77-49(27-29-55(87)88)63(95)81-61(39(5)85)69(101)79-51(33-57(91)92)65(97)75-43-23-25-47-53(31-43)108-54-32-44(24-26-48(54)74(47)46-22-16-15-21-45(46)71(103)109-74)76-66(98)52(34-58(93)94)80-70(102)62(40(6)86)82-64(96)50(28-30-56(89)90)78-68(100)60(38(4)8-2)84-73(105)107-36-42-19-13-10-14-20-42/h9-26,31-32,37-40,49-52,59-62,85-86H,7-8,27-30,33-36H2,1-6H3,(H,75,97)(H,76,98)(H,77,99)(H,78,100)(H,79,101)(H,80,102)(H,81,95)(H,82,96)(H,83,104)(H,84,105)(H,87,88)(H,89,90)(H,91,92)(H,93,94).